The normalized spacial score (nSPS) is 15.5. The molecule has 2 aromatic carbocycles. The molecule has 0 aromatic heterocycles. The van der Waals surface area contributed by atoms with Gasteiger partial charge in [-0.2, -0.15) is 39.5 Å². The molecule has 0 radical (unpaired) electrons. The highest BCUT2D eigenvalue weighted by Crippen LogP contribution is 2.46. The maximum absolute atomic E-state index is 15.2. The highest BCUT2D eigenvalue weighted by atomic mass is 32.3. The van der Waals surface area contributed by atoms with Crippen molar-refractivity contribution in [2.75, 3.05) is 5.75 Å². The van der Waals surface area contributed by atoms with Gasteiger partial charge in [-0.1, -0.05) is 0 Å². The van der Waals surface area contributed by atoms with Gasteiger partial charge in [0.25, 0.3) is 0 Å². The van der Waals surface area contributed by atoms with Gasteiger partial charge in [0.05, 0.1) is 34.9 Å². The number of halogens is 16. The minimum Gasteiger partial charge on any atom is -0.227 e. The zero-order valence-corrected chi connectivity index (χ0v) is 19.9. The van der Waals surface area contributed by atoms with Crippen molar-refractivity contribution in [1.82, 2.24) is 0 Å². The lowest BCUT2D eigenvalue weighted by molar-refractivity contribution is -0.180. The molecule has 0 saturated carbocycles. The Morgan fingerprint density at radius 3 is 1.32 bits per heavy atom. The van der Waals surface area contributed by atoms with Crippen LogP contribution < -0.4 is 0 Å². The maximum Gasteiger partial charge on any atom is 0.405 e. The molecule has 0 saturated heterocycles. The second kappa shape index (κ2) is 10.4. The second-order valence-corrected chi connectivity index (χ2v) is 12.6. The molecule has 0 aliphatic rings. The number of rotatable bonds is 7. The standard InChI is InChI=1S/C18H8F16O4S2/c19-8-5-6(11(22)14(25)13(24)10(5)21)9(20)12(23)7(8)15(39(35,36)2-1-16(26,27)28)40(37,38)4(18(32,33)34)3-17(29,30)31/h4,15H,1-3H2. The van der Waals surface area contributed by atoms with Crippen LogP contribution in [0.25, 0.3) is 10.8 Å². The van der Waals surface area contributed by atoms with Gasteiger partial charge in [0.15, 0.2) is 64.4 Å². The van der Waals surface area contributed by atoms with Gasteiger partial charge in [-0.25, -0.2) is 47.6 Å². The lowest BCUT2D eigenvalue weighted by Crippen LogP contribution is -2.45. The van der Waals surface area contributed by atoms with E-state index >= 15 is 4.39 Å². The van der Waals surface area contributed by atoms with E-state index in [9.17, 15) is 82.7 Å². The molecule has 0 bridgehead atoms. The molecule has 0 amide bonds. The fourth-order valence-corrected chi connectivity index (χ4v) is 8.65. The van der Waals surface area contributed by atoms with Crippen molar-refractivity contribution in [2.45, 2.75) is 41.2 Å². The van der Waals surface area contributed by atoms with Gasteiger partial charge >= 0.3 is 18.5 Å². The van der Waals surface area contributed by atoms with E-state index in [1.165, 1.54) is 0 Å². The van der Waals surface area contributed by atoms with Crippen LogP contribution in [0.15, 0.2) is 0 Å². The monoisotopic (exact) mass is 656 g/mol. The fourth-order valence-electron chi connectivity index (χ4n) is 3.40. The summed E-state index contributed by atoms with van der Waals surface area (Å²) in [5.74, 6) is -24.6. The Morgan fingerprint density at radius 2 is 0.950 bits per heavy atom. The highest BCUT2D eigenvalue weighted by Gasteiger charge is 2.60. The summed E-state index contributed by atoms with van der Waals surface area (Å²) in [5.41, 5.74) is -3.17. The molecule has 0 N–H and O–H groups in total. The molecule has 0 aliphatic carbocycles. The second-order valence-electron chi connectivity index (χ2n) is 7.86. The van der Waals surface area contributed by atoms with E-state index in [1.807, 2.05) is 0 Å². The number of hydrogen-bond donors (Lipinski definition) is 0. The summed E-state index contributed by atoms with van der Waals surface area (Å²) in [6, 6.07) is 0. The molecule has 2 rings (SSSR count). The van der Waals surface area contributed by atoms with Gasteiger partial charge in [0.1, 0.15) is 5.82 Å². The lowest BCUT2D eigenvalue weighted by Gasteiger charge is -2.28. The van der Waals surface area contributed by atoms with Crippen molar-refractivity contribution in [3.8, 4) is 0 Å². The number of alkyl halides is 9. The van der Waals surface area contributed by atoms with E-state index in [-0.39, 0.29) is 0 Å². The van der Waals surface area contributed by atoms with Crippen LogP contribution >= 0.6 is 0 Å². The van der Waals surface area contributed by atoms with Crippen LogP contribution in [-0.4, -0.2) is 46.4 Å². The first kappa shape index (κ1) is 33.7. The third-order valence-corrected chi connectivity index (χ3v) is 10.5. The first-order valence-corrected chi connectivity index (χ1v) is 13.0. The zero-order chi connectivity index (χ0) is 31.5. The number of fused-ring (bicyclic) bond motifs is 1. The lowest BCUT2D eigenvalue weighted by atomic mass is 10.0. The molecule has 2 atom stereocenters. The predicted octanol–water partition coefficient (Wildman–Crippen LogP) is 6.48. The van der Waals surface area contributed by atoms with E-state index in [4.69, 9.17) is 0 Å². The van der Waals surface area contributed by atoms with Gasteiger partial charge in [-0.15, -0.1) is 0 Å². The molecule has 22 heteroatoms. The number of sulfone groups is 2. The Balaban J connectivity index is 3.18. The zero-order valence-electron chi connectivity index (χ0n) is 18.3. The molecule has 2 aromatic rings. The van der Waals surface area contributed by atoms with E-state index in [2.05, 4.69) is 0 Å². The van der Waals surface area contributed by atoms with Crippen LogP contribution in [0.3, 0.4) is 0 Å². The fraction of sp³-hybridized carbons (Fsp3) is 0.444. The van der Waals surface area contributed by atoms with Crippen molar-refractivity contribution in [1.29, 1.82) is 0 Å². The Kier molecular flexibility index (Phi) is 8.75. The maximum atomic E-state index is 15.2. The van der Waals surface area contributed by atoms with Gasteiger partial charge < -0.3 is 0 Å². The SMILES string of the molecule is O=S(=O)(CCC(F)(F)F)C(c1c(F)c(F)c2c(F)c(F)c(F)c(F)c2c1F)S(=O)(=O)C(CC(F)(F)F)C(F)(F)F. The van der Waals surface area contributed by atoms with Gasteiger partial charge in [-0.3, -0.25) is 0 Å². The number of benzene rings is 2. The summed E-state index contributed by atoms with van der Waals surface area (Å²) in [6.45, 7) is 0. The van der Waals surface area contributed by atoms with Crippen LogP contribution in [-0.2, 0) is 19.7 Å². The average molecular weight is 656 g/mol. The van der Waals surface area contributed by atoms with Gasteiger partial charge in [0, 0.05) is 0 Å². The van der Waals surface area contributed by atoms with Crippen molar-refractivity contribution >= 4 is 30.4 Å². The molecule has 0 aliphatic heterocycles. The third-order valence-electron chi connectivity index (χ3n) is 5.08. The Labute approximate surface area is 211 Å². The van der Waals surface area contributed by atoms with E-state index in [0.717, 1.165) is 0 Å². The Bertz CT molecular complexity index is 1540. The van der Waals surface area contributed by atoms with Crippen LogP contribution in [0.4, 0.5) is 70.2 Å². The summed E-state index contributed by atoms with van der Waals surface area (Å²) < 4.78 is 262. The van der Waals surface area contributed by atoms with Crippen molar-refractivity contribution in [3.05, 3.63) is 46.3 Å². The average Bonchev–Trinajstić information content (AvgIpc) is 2.76. The molecule has 228 valence electrons. The summed E-state index contributed by atoms with van der Waals surface area (Å²) in [5, 5.41) is -10.2. The predicted molar refractivity (Wildman–Crippen MR) is 100 cm³/mol. The minimum absolute atomic E-state index is 2.54. The van der Waals surface area contributed by atoms with Crippen LogP contribution in [0.1, 0.15) is 23.0 Å². The smallest absolute Gasteiger partial charge is 0.227 e. The Hall–Kier alpha value is -2.52. The molecule has 4 nitrogen and oxygen atoms in total. The van der Waals surface area contributed by atoms with E-state index in [1.54, 1.807) is 0 Å². The highest BCUT2D eigenvalue weighted by molar-refractivity contribution is 8.08. The minimum atomic E-state index is -7.44. The summed E-state index contributed by atoms with van der Waals surface area (Å²) in [7, 11) is -14.1. The summed E-state index contributed by atoms with van der Waals surface area (Å²) in [4.78, 5) is 0. The molecule has 0 fully saturated rings. The van der Waals surface area contributed by atoms with Crippen molar-refractivity contribution in [2.24, 2.45) is 0 Å². The van der Waals surface area contributed by atoms with Crippen LogP contribution in [0, 0.1) is 40.7 Å². The van der Waals surface area contributed by atoms with Crippen molar-refractivity contribution in [3.63, 3.8) is 0 Å². The van der Waals surface area contributed by atoms with Gasteiger partial charge in [-0.05, 0) is 0 Å². The van der Waals surface area contributed by atoms with Crippen molar-refractivity contribution < 1.29 is 87.1 Å². The third kappa shape index (κ3) is 6.35. The van der Waals surface area contributed by atoms with Crippen LogP contribution in [0.2, 0.25) is 0 Å². The first-order valence-electron chi connectivity index (χ1n) is 9.63. The number of hydrogen-bond acceptors (Lipinski definition) is 4. The topological polar surface area (TPSA) is 68.3 Å². The molecule has 0 heterocycles. The summed E-state index contributed by atoms with van der Waals surface area (Å²) in [6.07, 6.45) is -24.7. The van der Waals surface area contributed by atoms with Gasteiger partial charge in [0.2, 0.25) is 0 Å². The van der Waals surface area contributed by atoms with E-state index < -0.39 is 124 Å². The first-order chi connectivity index (χ1) is 17.7. The molecule has 2 unspecified atom stereocenters. The summed E-state index contributed by atoms with van der Waals surface area (Å²) >= 11 is 0. The Morgan fingerprint density at radius 1 is 0.550 bits per heavy atom. The largest absolute Gasteiger partial charge is 0.405 e. The molecular weight excluding hydrogens is 648 g/mol. The van der Waals surface area contributed by atoms with Crippen LogP contribution in [0.5, 0.6) is 0 Å². The molecule has 0 spiro atoms. The molecular formula is C18H8F16O4S2. The van der Waals surface area contributed by atoms with E-state index in [0.29, 0.717) is 0 Å². The quantitative estimate of drug-likeness (QED) is 0.195. The molecule has 40 heavy (non-hydrogen) atoms.